The zero-order valence-corrected chi connectivity index (χ0v) is 12.0. The molecular weight excluding hydrogens is 224 g/mol. The summed E-state index contributed by atoms with van der Waals surface area (Å²) in [7, 11) is 0. The largest absolute Gasteiger partial charge is 0.381 e. The summed E-state index contributed by atoms with van der Waals surface area (Å²) in [5, 5.41) is 3.47. The molecule has 0 aromatic rings. The Kier molecular flexibility index (Phi) is 6.46. The van der Waals surface area contributed by atoms with Crippen LogP contribution >= 0.6 is 0 Å². The van der Waals surface area contributed by atoms with Gasteiger partial charge in [0.15, 0.2) is 0 Å². The fourth-order valence-corrected chi connectivity index (χ4v) is 3.33. The zero-order valence-electron chi connectivity index (χ0n) is 12.0. The van der Waals surface area contributed by atoms with E-state index in [4.69, 9.17) is 4.74 Å². The highest BCUT2D eigenvalue weighted by Crippen LogP contribution is 2.21. The number of likely N-dealkylation sites (N-methyl/N-ethyl adjacent to an activating group) is 1. The lowest BCUT2D eigenvalue weighted by Gasteiger charge is -2.27. The lowest BCUT2D eigenvalue weighted by Crippen LogP contribution is -2.37. The van der Waals surface area contributed by atoms with E-state index in [2.05, 4.69) is 17.1 Å². The molecule has 0 radical (unpaired) electrons. The van der Waals surface area contributed by atoms with Crippen LogP contribution in [0.1, 0.15) is 45.4 Å². The molecule has 2 heterocycles. The first-order chi connectivity index (χ1) is 8.90. The van der Waals surface area contributed by atoms with E-state index in [1.165, 1.54) is 64.7 Å². The number of unbranched alkanes of at least 4 members (excludes halogenated alkanes) is 1. The second-order valence-electron chi connectivity index (χ2n) is 5.83. The van der Waals surface area contributed by atoms with Crippen LogP contribution in [0.3, 0.4) is 0 Å². The molecule has 0 aliphatic carbocycles. The second kappa shape index (κ2) is 8.13. The van der Waals surface area contributed by atoms with Gasteiger partial charge in [-0.1, -0.05) is 19.8 Å². The SMILES string of the molecule is CCN(CCCCC1CCOCC1)C1CCNC1. The van der Waals surface area contributed by atoms with E-state index < -0.39 is 0 Å². The van der Waals surface area contributed by atoms with Crippen molar-refractivity contribution in [1.29, 1.82) is 0 Å². The number of nitrogens with zero attached hydrogens (tertiary/aromatic N) is 1. The van der Waals surface area contributed by atoms with Crippen molar-refractivity contribution in [2.75, 3.05) is 39.4 Å². The fraction of sp³-hybridized carbons (Fsp3) is 1.00. The highest BCUT2D eigenvalue weighted by Gasteiger charge is 2.20. The van der Waals surface area contributed by atoms with Crippen LogP contribution in [-0.2, 0) is 4.74 Å². The van der Waals surface area contributed by atoms with E-state index in [1.54, 1.807) is 0 Å². The summed E-state index contributed by atoms with van der Waals surface area (Å²) < 4.78 is 5.41. The fourth-order valence-electron chi connectivity index (χ4n) is 3.33. The Morgan fingerprint density at radius 3 is 2.67 bits per heavy atom. The monoisotopic (exact) mass is 254 g/mol. The molecule has 2 aliphatic heterocycles. The molecule has 1 N–H and O–H groups in total. The Bertz CT molecular complexity index is 211. The normalized spacial score (nSPS) is 26.0. The van der Waals surface area contributed by atoms with Crippen LogP contribution in [0.2, 0.25) is 0 Å². The van der Waals surface area contributed by atoms with E-state index in [0.29, 0.717) is 0 Å². The Morgan fingerprint density at radius 2 is 2.00 bits per heavy atom. The molecule has 1 unspecified atom stereocenters. The average molecular weight is 254 g/mol. The van der Waals surface area contributed by atoms with Gasteiger partial charge >= 0.3 is 0 Å². The Labute approximate surface area is 112 Å². The summed E-state index contributed by atoms with van der Waals surface area (Å²) in [6.07, 6.45) is 8.13. The molecule has 0 spiro atoms. The molecule has 0 amide bonds. The van der Waals surface area contributed by atoms with E-state index in [1.807, 2.05) is 0 Å². The third-order valence-corrected chi connectivity index (χ3v) is 4.61. The van der Waals surface area contributed by atoms with E-state index in [-0.39, 0.29) is 0 Å². The van der Waals surface area contributed by atoms with Crippen LogP contribution in [-0.4, -0.2) is 50.3 Å². The maximum Gasteiger partial charge on any atom is 0.0468 e. The molecule has 2 saturated heterocycles. The van der Waals surface area contributed by atoms with Crippen LogP contribution in [0.5, 0.6) is 0 Å². The van der Waals surface area contributed by atoms with Gasteiger partial charge in [-0.05, 0) is 51.2 Å². The molecule has 2 rings (SSSR count). The van der Waals surface area contributed by atoms with Crippen molar-refractivity contribution in [3.63, 3.8) is 0 Å². The van der Waals surface area contributed by atoms with Gasteiger partial charge in [-0.25, -0.2) is 0 Å². The minimum Gasteiger partial charge on any atom is -0.381 e. The summed E-state index contributed by atoms with van der Waals surface area (Å²) in [5.74, 6) is 0.946. The summed E-state index contributed by atoms with van der Waals surface area (Å²) in [6, 6.07) is 0.804. The Balaban J connectivity index is 1.55. The van der Waals surface area contributed by atoms with Gasteiger partial charge < -0.3 is 10.1 Å². The average Bonchev–Trinajstić information content (AvgIpc) is 2.94. The summed E-state index contributed by atoms with van der Waals surface area (Å²) >= 11 is 0. The predicted molar refractivity (Wildman–Crippen MR) is 75.9 cm³/mol. The number of hydrogen-bond donors (Lipinski definition) is 1. The lowest BCUT2D eigenvalue weighted by molar-refractivity contribution is 0.0627. The van der Waals surface area contributed by atoms with Crippen molar-refractivity contribution in [1.82, 2.24) is 10.2 Å². The van der Waals surface area contributed by atoms with Gasteiger partial charge in [0.25, 0.3) is 0 Å². The molecule has 0 saturated carbocycles. The lowest BCUT2D eigenvalue weighted by atomic mass is 9.94. The third kappa shape index (κ3) is 4.52. The number of ether oxygens (including phenoxy) is 1. The topological polar surface area (TPSA) is 24.5 Å². The van der Waals surface area contributed by atoms with Gasteiger partial charge in [-0.2, -0.15) is 0 Å². The van der Waals surface area contributed by atoms with Gasteiger partial charge in [0.2, 0.25) is 0 Å². The maximum atomic E-state index is 5.41. The van der Waals surface area contributed by atoms with Crippen LogP contribution < -0.4 is 5.32 Å². The Morgan fingerprint density at radius 1 is 1.17 bits per heavy atom. The van der Waals surface area contributed by atoms with Crippen molar-refractivity contribution < 1.29 is 4.74 Å². The molecule has 3 nitrogen and oxygen atoms in total. The molecule has 3 heteroatoms. The van der Waals surface area contributed by atoms with E-state index in [0.717, 1.165) is 25.2 Å². The molecule has 18 heavy (non-hydrogen) atoms. The standard InChI is InChI=1S/C15H30N2O/c1-2-17(15-6-9-16-13-15)10-4-3-5-14-7-11-18-12-8-14/h14-16H,2-13H2,1H3. The maximum absolute atomic E-state index is 5.41. The molecule has 1 atom stereocenters. The summed E-state index contributed by atoms with van der Waals surface area (Å²) in [5.41, 5.74) is 0. The summed E-state index contributed by atoms with van der Waals surface area (Å²) in [6.45, 7) is 9.22. The number of nitrogens with one attached hydrogen (secondary N) is 1. The van der Waals surface area contributed by atoms with E-state index in [9.17, 15) is 0 Å². The first-order valence-electron chi connectivity index (χ1n) is 7.92. The van der Waals surface area contributed by atoms with Crippen molar-refractivity contribution >= 4 is 0 Å². The summed E-state index contributed by atoms with van der Waals surface area (Å²) in [4.78, 5) is 2.67. The highest BCUT2D eigenvalue weighted by molar-refractivity contribution is 4.80. The molecular formula is C15H30N2O. The van der Waals surface area contributed by atoms with E-state index >= 15 is 0 Å². The highest BCUT2D eigenvalue weighted by atomic mass is 16.5. The minimum atomic E-state index is 0.804. The third-order valence-electron chi connectivity index (χ3n) is 4.61. The molecule has 106 valence electrons. The van der Waals surface area contributed by atoms with Crippen molar-refractivity contribution in [3.05, 3.63) is 0 Å². The molecule has 0 bridgehead atoms. The van der Waals surface area contributed by atoms with Crippen LogP contribution in [0.25, 0.3) is 0 Å². The van der Waals surface area contributed by atoms with Crippen molar-refractivity contribution in [3.8, 4) is 0 Å². The first kappa shape index (κ1) is 14.3. The van der Waals surface area contributed by atoms with Crippen molar-refractivity contribution in [2.24, 2.45) is 5.92 Å². The molecule has 2 aliphatic rings. The Hall–Kier alpha value is -0.120. The predicted octanol–water partition coefficient (Wildman–Crippen LogP) is 2.27. The van der Waals surface area contributed by atoms with Crippen LogP contribution in [0, 0.1) is 5.92 Å². The van der Waals surface area contributed by atoms with Gasteiger partial charge in [0.1, 0.15) is 0 Å². The van der Waals surface area contributed by atoms with Gasteiger partial charge in [0, 0.05) is 25.8 Å². The number of hydrogen-bond acceptors (Lipinski definition) is 3. The van der Waals surface area contributed by atoms with Gasteiger partial charge in [0.05, 0.1) is 0 Å². The van der Waals surface area contributed by atoms with Crippen LogP contribution in [0.4, 0.5) is 0 Å². The first-order valence-corrected chi connectivity index (χ1v) is 7.92. The number of rotatable bonds is 7. The smallest absolute Gasteiger partial charge is 0.0468 e. The molecule has 0 aromatic heterocycles. The molecule has 2 fully saturated rings. The zero-order chi connectivity index (χ0) is 12.6. The van der Waals surface area contributed by atoms with Gasteiger partial charge in [-0.15, -0.1) is 0 Å². The quantitative estimate of drug-likeness (QED) is 0.705. The van der Waals surface area contributed by atoms with Crippen LogP contribution in [0.15, 0.2) is 0 Å². The minimum absolute atomic E-state index is 0.804. The van der Waals surface area contributed by atoms with Gasteiger partial charge in [-0.3, -0.25) is 4.90 Å². The second-order valence-corrected chi connectivity index (χ2v) is 5.83. The molecule has 0 aromatic carbocycles. The van der Waals surface area contributed by atoms with Crippen molar-refractivity contribution in [2.45, 2.75) is 51.5 Å².